The summed E-state index contributed by atoms with van der Waals surface area (Å²) in [4.78, 5) is 14.6. The molecule has 3 rings (SSSR count). The molecule has 0 saturated heterocycles. The molecule has 8 nitrogen and oxygen atoms in total. The van der Waals surface area contributed by atoms with Crippen molar-refractivity contribution in [2.24, 2.45) is 7.05 Å². The normalized spacial score (nSPS) is 13.2. The van der Waals surface area contributed by atoms with E-state index in [4.69, 9.17) is 9.47 Å². The van der Waals surface area contributed by atoms with Crippen molar-refractivity contribution in [1.29, 1.82) is 0 Å². The second kappa shape index (κ2) is 7.84. The van der Waals surface area contributed by atoms with Gasteiger partial charge in [-0.2, -0.15) is 4.31 Å². The Morgan fingerprint density at radius 2 is 1.82 bits per heavy atom. The number of ether oxygens (including phenoxy) is 2. The van der Waals surface area contributed by atoms with Gasteiger partial charge in [0.2, 0.25) is 16.8 Å². The van der Waals surface area contributed by atoms with Crippen LogP contribution in [0.15, 0.2) is 35.4 Å². The summed E-state index contributed by atoms with van der Waals surface area (Å²) in [5.74, 6) is 1.08. The molecule has 0 saturated carbocycles. The van der Waals surface area contributed by atoms with Gasteiger partial charge in [-0.1, -0.05) is 19.9 Å². The van der Waals surface area contributed by atoms with Gasteiger partial charge in [-0.3, -0.25) is 4.79 Å². The van der Waals surface area contributed by atoms with Gasteiger partial charge in [-0.25, -0.2) is 8.42 Å². The van der Waals surface area contributed by atoms with Gasteiger partial charge in [0.15, 0.2) is 11.5 Å². The topological polar surface area (TPSA) is 81.1 Å². The van der Waals surface area contributed by atoms with E-state index in [2.05, 4.69) is 0 Å². The lowest BCUT2D eigenvalue weighted by Crippen LogP contribution is -2.30. The molecule has 1 amide bonds. The molecule has 2 heterocycles. The van der Waals surface area contributed by atoms with Gasteiger partial charge in [-0.05, 0) is 23.8 Å². The molecule has 1 aliphatic heterocycles. The van der Waals surface area contributed by atoms with Gasteiger partial charge in [0.05, 0.1) is 0 Å². The summed E-state index contributed by atoms with van der Waals surface area (Å²) in [5, 5.41) is 0. The van der Waals surface area contributed by atoms with Crippen molar-refractivity contribution in [3.63, 3.8) is 0 Å². The number of hydrogen-bond acceptors (Lipinski definition) is 5. The van der Waals surface area contributed by atoms with E-state index in [9.17, 15) is 13.2 Å². The van der Waals surface area contributed by atoms with E-state index in [0.717, 1.165) is 5.56 Å². The number of nitrogens with zero attached hydrogens (tertiary/aromatic N) is 3. The molecule has 1 aliphatic rings. The Kier molecular flexibility index (Phi) is 5.66. The van der Waals surface area contributed by atoms with Crippen LogP contribution in [0, 0.1) is 0 Å². The molecule has 1 aromatic heterocycles. The van der Waals surface area contributed by atoms with Crippen LogP contribution in [0.3, 0.4) is 0 Å². The average Bonchev–Trinajstić information content (AvgIpc) is 3.28. The third-order valence-corrected chi connectivity index (χ3v) is 6.76. The summed E-state index contributed by atoms with van der Waals surface area (Å²) in [6.45, 7) is 4.88. The number of hydrogen-bond donors (Lipinski definition) is 0. The third kappa shape index (κ3) is 3.72. The number of fused-ring (bicyclic) bond motifs is 1. The molecule has 0 spiro atoms. The molecule has 28 heavy (non-hydrogen) atoms. The van der Waals surface area contributed by atoms with E-state index in [1.54, 1.807) is 37.4 Å². The summed E-state index contributed by atoms with van der Waals surface area (Å²) in [6.07, 6.45) is 1.48. The number of carbonyl (C=O) groups is 1. The summed E-state index contributed by atoms with van der Waals surface area (Å²) < 4.78 is 39.0. The van der Waals surface area contributed by atoms with Crippen LogP contribution in [0.25, 0.3) is 0 Å². The molecule has 0 fully saturated rings. The second-order valence-corrected chi connectivity index (χ2v) is 8.55. The highest BCUT2D eigenvalue weighted by Crippen LogP contribution is 2.32. The number of aromatic nitrogens is 1. The number of aryl methyl sites for hydroxylation is 1. The van der Waals surface area contributed by atoms with E-state index in [0.29, 0.717) is 36.8 Å². The maximum Gasteiger partial charge on any atom is 0.270 e. The van der Waals surface area contributed by atoms with Crippen LogP contribution in [0.5, 0.6) is 11.5 Å². The van der Waals surface area contributed by atoms with E-state index in [1.807, 2.05) is 18.2 Å². The number of amides is 1. The van der Waals surface area contributed by atoms with Gasteiger partial charge >= 0.3 is 0 Å². The Bertz CT molecular complexity index is 979. The summed E-state index contributed by atoms with van der Waals surface area (Å²) in [5.41, 5.74) is 1.21. The standard InChI is InChI=1S/C19H25N3O5S/c1-5-22(6-2)28(24,25)15-10-16(20(3)12-15)19(23)21(4)11-14-7-8-17-18(9-14)27-13-26-17/h7-10,12H,5-6,11,13H2,1-4H3. The fraction of sp³-hybridized carbons (Fsp3) is 0.421. The van der Waals surface area contributed by atoms with Crippen LogP contribution in [0.1, 0.15) is 29.9 Å². The van der Waals surface area contributed by atoms with E-state index in [1.165, 1.54) is 16.6 Å². The highest BCUT2D eigenvalue weighted by molar-refractivity contribution is 7.89. The van der Waals surface area contributed by atoms with Crippen LogP contribution in [0.4, 0.5) is 0 Å². The van der Waals surface area contributed by atoms with Gasteiger partial charge in [-0.15, -0.1) is 0 Å². The van der Waals surface area contributed by atoms with Gasteiger partial charge < -0.3 is 18.9 Å². The Labute approximate surface area is 165 Å². The largest absolute Gasteiger partial charge is 0.454 e. The molecule has 152 valence electrons. The minimum atomic E-state index is -3.62. The third-order valence-electron chi connectivity index (χ3n) is 4.75. The van der Waals surface area contributed by atoms with Crippen molar-refractivity contribution in [3.8, 4) is 11.5 Å². The highest BCUT2D eigenvalue weighted by atomic mass is 32.2. The van der Waals surface area contributed by atoms with Crippen molar-refractivity contribution < 1.29 is 22.7 Å². The molecule has 0 aliphatic carbocycles. The first-order chi connectivity index (χ1) is 13.3. The lowest BCUT2D eigenvalue weighted by molar-refractivity contribution is 0.0775. The van der Waals surface area contributed by atoms with Crippen molar-refractivity contribution in [2.45, 2.75) is 25.3 Å². The smallest absolute Gasteiger partial charge is 0.270 e. The van der Waals surface area contributed by atoms with Gasteiger partial charge in [0.25, 0.3) is 5.91 Å². The Balaban J connectivity index is 1.80. The maximum atomic E-state index is 12.9. The first-order valence-electron chi connectivity index (χ1n) is 9.08. The zero-order valence-corrected chi connectivity index (χ0v) is 17.3. The highest BCUT2D eigenvalue weighted by Gasteiger charge is 2.26. The molecule has 9 heteroatoms. The van der Waals surface area contributed by atoms with Gasteiger partial charge in [0, 0.05) is 39.9 Å². The molecular weight excluding hydrogens is 382 g/mol. The van der Waals surface area contributed by atoms with Crippen LogP contribution in [-0.4, -0.2) is 55.0 Å². The predicted octanol–water partition coefficient (Wildman–Crippen LogP) is 2.06. The summed E-state index contributed by atoms with van der Waals surface area (Å²) in [7, 11) is -0.268. The fourth-order valence-corrected chi connectivity index (χ4v) is 4.71. The lowest BCUT2D eigenvalue weighted by atomic mass is 10.2. The molecule has 0 atom stereocenters. The average molecular weight is 407 g/mol. The van der Waals surface area contributed by atoms with Crippen molar-refractivity contribution in [2.75, 3.05) is 26.9 Å². The Morgan fingerprint density at radius 1 is 1.14 bits per heavy atom. The molecule has 0 unspecified atom stereocenters. The zero-order valence-electron chi connectivity index (χ0n) is 16.5. The second-order valence-electron chi connectivity index (χ2n) is 6.61. The van der Waals surface area contributed by atoms with Crippen molar-refractivity contribution in [3.05, 3.63) is 41.7 Å². The minimum absolute atomic E-state index is 0.124. The van der Waals surface area contributed by atoms with Crippen LogP contribution in [-0.2, 0) is 23.6 Å². The first kappa shape index (κ1) is 20.2. The Hall–Kier alpha value is -2.52. The molecular formula is C19H25N3O5S. The molecule has 0 radical (unpaired) electrons. The number of rotatable bonds is 7. The van der Waals surface area contributed by atoms with E-state index < -0.39 is 10.0 Å². The number of sulfonamides is 1. The molecule has 1 aromatic carbocycles. The Morgan fingerprint density at radius 3 is 2.50 bits per heavy atom. The van der Waals surface area contributed by atoms with Crippen LogP contribution in [0.2, 0.25) is 0 Å². The quantitative estimate of drug-likeness (QED) is 0.702. The first-order valence-corrected chi connectivity index (χ1v) is 10.5. The van der Waals surface area contributed by atoms with Crippen LogP contribution >= 0.6 is 0 Å². The predicted molar refractivity (Wildman–Crippen MR) is 104 cm³/mol. The zero-order chi connectivity index (χ0) is 20.5. The molecule has 0 N–H and O–H groups in total. The minimum Gasteiger partial charge on any atom is -0.454 e. The number of benzene rings is 1. The summed E-state index contributed by atoms with van der Waals surface area (Å²) >= 11 is 0. The van der Waals surface area contributed by atoms with E-state index >= 15 is 0 Å². The number of carbonyl (C=O) groups excluding carboxylic acids is 1. The fourth-order valence-electron chi connectivity index (χ4n) is 3.18. The molecule has 0 bridgehead atoms. The summed E-state index contributed by atoms with van der Waals surface area (Å²) in [6, 6.07) is 6.96. The molecule has 2 aromatic rings. The van der Waals surface area contributed by atoms with Crippen molar-refractivity contribution in [1.82, 2.24) is 13.8 Å². The van der Waals surface area contributed by atoms with Gasteiger partial charge in [0.1, 0.15) is 10.6 Å². The lowest BCUT2D eigenvalue weighted by Gasteiger charge is -2.18. The van der Waals surface area contributed by atoms with Crippen molar-refractivity contribution >= 4 is 15.9 Å². The monoisotopic (exact) mass is 407 g/mol. The maximum absolute atomic E-state index is 12.9. The van der Waals surface area contributed by atoms with E-state index in [-0.39, 0.29) is 17.6 Å². The SMILES string of the molecule is CCN(CC)S(=O)(=O)c1cc(C(=O)N(C)Cc2ccc3c(c2)OCO3)n(C)c1. The van der Waals surface area contributed by atoms with Crippen LogP contribution < -0.4 is 9.47 Å².